The topological polar surface area (TPSA) is 35.5 Å². The fourth-order valence-electron chi connectivity index (χ4n) is 1.72. The summed E-state index contributed by atoms with van der Waals surface area (Å²) < 4.78 is 10.5. The van der Waals surface area contributed by atoms with Crippen LogP contribution in [-0.2, 0) is 14.3 Å². The molecule has 0 fully saturated rings. The van der Waals surface area contributed by atoms with Gasteiger partial charge < -0.3 is 9.47 Å². The summed E-state index contributed by atoms with van der Waals surface area (Å²) in [7, 11) is 1.54. The maximum Gasteiger partial charge on any atom is 0.338 e. The molecule has 0 N–H and O–H groups in total. The Morgan fingerprint density at radius 3 is 2.67 bits per heavy atom. The van der Waals surface area contributed by atoms with Crippen LogP contribution in [0.15, 0.2) is 35.6 Å². The molecule has 0 saturated heterocycles. The molecule has 0 spiro atoms. The first-order chi connectivity index (χ1) is 6.94. The smallest absolute Gasteiger partial charge is 0.338 e. The van der Waals surface area contributed by atoms with Gasteiger partial charge in [0.25, 0.3) is 0 Å². The zero-order valence-electron chi connectivity index (χ0n) is 9.59. The Morgan fingerprint density at radius 1 is 1.60 bits per heavy atom. The number of hydrogen-bond acceptors (Lipinski definition) is 3. The van der Waals surface area contributed by atoms with E-state index in [4.69, 9.17) is 9.47 Å². The SMILES string of the molecule is C=C/C(C)=C\[C@@]1(C)OC(=O)C(C)=C1OC. The van der Waals surface area contributed by atoms with Gasteiger partial charge >= 0.3 is 5.97 Å². The number of allylic oxidation sites excluding steroid dienone is 2. The van der Waals surface area contributed by atoms with Gasteiger partial charge in [0, 0.05) is 0 Å². The molecule has 1 aliphatic heterocycles. The fraction of sp³-hybridized carbons (Fsp3) is 0.417. The monoisotopic (exact) mass is 208 g/mol. The predicted molar refractivity (Wildman–Crippen MR) is 58.2 cm³/mol. The summed E-state index contributed by atoms with van der Waals surface area (Å²) in [6.07, 6.45) is 3.53. The predicted octanol–water partition coefficient (Wildman–Crippen LogP) is 2.35. The van der Waals surface area contributed by atoms with Crippen LogP contribution >= 0.6 is 0 Å². The normalized spacial score (nSPS) is 26.7. The lowest BCUT2D eigenvalue weighted by molar-refractivity contribution is -0.143. The van der Waals surface area contributed by atoms with Crippen LogP contribution in [0.3, 0.4) is 0 Å². The van der Waals surface area contributed by atoms with Crippen LogP contribution in [-0.4, -0.2) is 18.7 Å². The number of rotatable bonds is 3. The summed E-state index contributed by atoms with van der Waals surface area (Å²) in [4.78, 5) is 11.4. The average Bonchev–Trinajstić information content (AvgIpc) is 2.37. The second-order valence-corrected chi connectivity index (χ2v) is 3.75. The minimum absolute atomic E-state index is 0.331. The molecule has 1 heterocycles. The molecule has 3 nitrogen and oxygen atoms in total. The Morgan fingerprint density at radius 2 is 2.20 bits per heavy atom. The van der Waals surface area contributed by atoms with E-state index in [2.05, 4.69) is 6.58 Å². The molecule has 0 saturated carbocycles. The van der Waals surface area contributed by atoms with Crippen molar-refractivity contribution < 1.29 is 14.3 Å². The van der Waals surface area contributed by atoms with E-state index >= 15 is 0 Å². The highest BCUT2D eigenvalue weighted by Gasteiger charge is 2.42. The van der Waals surface area contributed by atoms with Gasteiger partial charge in [-0.1, -0.05) is 18.2 Å². The minimum Gasteiger partial charge on any atom is -0.496 e. The first-order valence-electron chi connectivity index (χ1n) is 4.75. The van der Waals surface area contributed by atoms with Crippen LogP contribution in [0.2, 0.25) is 0 Å². The number of ether oxygens (including phenoxy) is 2. The van der Waals surface area contributed by atoms with Gasteiger partial charge in [0.1, 0.15) is 0 Å². The van der Waals surface area contributed by atoms with E-state index in [0.717, 1.165) is 5.57 Å². The van der Waals surface area contributed by atoms with Gasteiger partial charge in [-0.25, -0.2) is 4.79 Å². The van der Waals surface area contributed by atoms with Gasteiger partial charge in [0.15, 0.2) is 11.4 Å². The van der Waals surface area contributed by atoms with Crippen LogP contribution in [0, 0.1) is 0 Å². The van der Waals surface area contributed by atoms with Crippen LogP contribution in [0.1, 0.15) is 20.8 Å². The Hall–Kier alpha value is -1.51. The molecular formula is C12H16O3. The standard InChI is InChI=1S/C12H16O3/c1-6-8(2)7-12(4)10(14-5)9(3)11(13)15-12/h6-7H,1H2,2-5H3/b8-7-/t12-/m1/s1. The molecule has 1 rings (SSSR count). The Bertz CT molecular complexity index is 363. The van der Waals surface area contributed by atoms with Crippen LogP contribution in [0.25, 0.3) is 0 Å². The molecule has 0 radical (unpaired) electrons. The Labute approximate surface area is 90.1 Å². The number of carbonyl (C=O) groups excluding carboxylic acids is 1. The highest BCUT2D eigenvalue weighted by molar-refractivity contribution is 5.92. The van der Waals surface area contributed by atoms with Crippen molar-refractivity contribution in [3.63, 3.8) is 0 Å². The van der Waals surface area contributed by atoms with Gasteiger partial charge in [-0.15, -0.1) is 0 Å². The molecule has 0 unspecified atom stereocenters. The van der Waals surface area contributed by atoms with E-state index in [1.165, 1.54) is 7.11 Å². The van der Waals surface area contributed by atoms with E-state index < -0.39 is 5.60 Å². The van der Waals surface area contributed by atoms with Gasteiger partial charge in [0.2, 0.25) is 0 Å². The third-order valence-corrected chi connectivity index (χ3v) is 2.43. The van der Waals surface area contributed by atoms with Crippen molar-refractivity contribution in [3.05, 3.63) is 35.6 Å². The number of cyclic esters (lactones) is 1. The molecule has 0 aromatic carbocycles. The lowest BCUT2D eigenvalue weighted by Gasteiger charge is -2.22. The Balaban J connectivity index is 3.17. The van der Waals surface area contributed by atoms with Crippen LogP contribution < -0.4 is 0 Å². The summed E-state index contributed by atoms with van der Waals surface area (Å²) in [5.74, 6) is 0.233. The summed E-state index contributed by atoms with van der Waals surface area (Å²) in [5, 5.41) is 0. The van der Waals surface area contributed by atoms with E-state index in [-0.39, 0.29) is 5.97 Å². The highest BCUT2D eigenvalue weighted by Crippen LogP contribution is 2.34. The number of carbonyl (C=O) groups is 1. The lowest BCUT2D eigenvalue weighted by atomic mass is 10.00. The fourth-order valence-corrected chi connectivity index (χ4v) is 1.72. The first-order valence-corrected chi connectivity index (χ1v) is 4.75. The number of hydrogen-bond donors (Lipinski definition) is 0. The van der Waals surface area contributed by atoms with Crippen molar-refractivity contribution in [2.75, 3.05) is 7.11 Å². The largest absolute Gasteiger partial charge is 0.496 e. The molecule has 1 atom stereocenters. The van der Waals surface area contributed by atoms with E-state index in [9.17, 15) is 4.79 Å². The van der Waals surface area contributed by atoms with Crippen LogP contribution in [0.5, 0.6) is 0 Å². The van der Waals surface area contributed by atoms with Gasteiger partial charge in [0.05, 0.1) is 12.7 Å². The summed E-state index contributed by atoms with van der Waals surface area (Å²) in [6.45, 7) is 9.05. The zero-order chi connectivity index (χ0) is 11.6. The molecule has 0 amide bonds. The van der Waals surface area contributed by atoms with Crippen molar-refractivity contribution in [3.8, 4) is 0 Å². The molecular weight excluding hydrogens is 192 g/mol. The number of methoxy groups -OCH3 is 1. The molecule has 0 bridgehead atoms. The molecule has 15 heavy (non-hydrogen) atoms. The first kappa shape index (κ1) is 11.6. The molecule has 1 aliphatic rings. The molecule has 82 valence electrons. The number of esters is 1. The van der Waals surface area contributed by atoms with E-state index in [1.807, 2.05) is 13.0 Å². The quantitative estimate of drug-likeness (QED) is 0.527. The van der Waals surface area contributed by atoms with Crippen molar-refractivity contribution in [2.24, 2.45) is 0 Å². The van der Waals surface area contributed by atoms with E-state index in [0.29, 0.717) is 11.3 Å². The highest BCUT2D eigenvalue weighted by atomic mass is 16.6. The lowest BCUT2D eigenvalue weighted by Crippen LogP contribution is -2.26. The van der Waals surface area contributed by atoms with E-state index in [1.54, 1.807) is 19.9 Å². The van der Waals surface area contributed by atoms with Crippen molar-refractivity contribution in [1.82, 2.24) is 0 Å². The van der Waals surface area contributed by atoms with Crippen LogP contribution in [0.4, 0.5) is 0 Å². The second-order valence-electron chi connectivity index (χ2n) is 3.75. The summed E-state index contributed by atoms with van der Waals surface area (Å²) in [5.41, 5.74) is 0.663. The summed E-state index contributed by atoms with van der Waals surface area (Å²) >= 11 is 0. The molecule has 0 aromatic rings. The third-order valence-electron chi connectivity index (χ3n) is 2.43. The van der Waals surface area contributed by atoms with Crippen molar-refractivity contribution in [2.45, 2.75) is 26.4 Å². The second kappa shape index (κ2) is 3.93. The minimum atomic E-state index is -0.797. The molecule has 0 aliphatic carbocycles. The van der Waals surface area contributed by atoms with Crippen molar-refractivity contribution in [1.29, 1.82) is 0 Å². The average molecular weight is 208 g/mol. The van der Waals surface area contributed by atoms with Gasteiger partial charge in [-0.05, 0) is 26.8 Å². The maximum atomic E-state index is 11.4. The van der Waals surface area contributed by atoms with Gasteiger partial charge in [-0.3, -0.25) is 0 Å². The molecule has 0 aromatic heterocycles. The third kappa shape index (κ3) is 1.96. The molecule has 3 heteroatoms. The van der Waals surface area contributed by atoms with Crippen molar-refractivity contribution >= 4 is 5.97 Å². The summed E-state index contributed by atoms with van der Waals surface area (Å²) in [6, 6.07) is 0. The Kier molecular flexibility index (Phi) is 3.03. The van der Waals surface area contributed by atoms with Gasteiger partial charge in [-0.2, -0.15) is 0 Å². The zero-order valence-corrected chi connectivity index (χ0v) is 9.59. The maximum absolute atomic E-state index is 11.4.